The zero-order valence-electron chi connectivity index (χ0n) is 16.8. The molecule has 3 heterocycles. The lowest BCUT2D eigenvalue weighted by Crippen LogP contribution is -2.51. The zero-order valence-corrected chi connectivity index (χ0v) is 18.4. The minimum atomic E-state index is -4.75. The third-order valence-corrected chi connectivity index (χ3v) is 5.52. The van der Waals surface area contributed by atoms with Crippen LogP contribution < -0.4 is 21.6 Å². The maximum absolute atomic E-state index is 12.6. The van der Waals surface area contributed by atoms with Crippen LogP contribution >= 0.6 is 15.9 Å². The standard InChI is InChI=1S/C19H21BrF3N7O2/c20-13-2-1-11(10-32-19(21,22)23)12(5-13)9-30-16-15(28-18(30)31)8-27-17(29-16)26-7-14-6-24-3-4-25-14/h1-2,5,8,14,24-25H,3-4,6-7,9-10H2,(H,28,31)(H,26,27,29)/t14-/m1/s1. The van der Waals surface area contributed by atoms with Crippen LogP contribution in [-0.2, 0) is 17.9 Å². The molecule has 1 atom stereocenters. The molecule has 9 nitrogen and oxygen atoms in total. The highest BCUT2D eigenvalue weighted by Gasteiger charge is 2.29. The Labute approximate surface area is 188 Å². The smallest absolute Gasteiger partial charge is 0.353 e. The molecule has 1 fully saturated rings. The lowest BCUT2D eigenvalue weighted by molar-refractivity contribution is -0.330. The number of nitrogens with one attached hydrogen (secondary N) is 4. The molecule has 1 aliphatic rings. The first kappa shape index (κ1) is 22.7. The number of hydrogen-bond acceptors (Lipinski definition) is 7. The summed E-state index contributed by atoms with van der Waals surface area (Å²) in [7, 11) is 0. The highest BCUT2D eigenvalue weighted by Crippen LogP contribution is 2.23. The molecule has 0 aliphatic carbocycles. The van der Waals surface area contributed by atoms with Gasteiger partial charge in [0.2, 0.25) is 5.95 Å². The SMILES string of the molecule is O=c1[nH]c2cnc(NC[C@H]3CNCCN3)nc2n1Cc1cc(Br)ccc1COC(F)(F)F. The number of halogens is 4. The summed E-state index contributed by atoms with van der Waals surface area (Å²) >= 11 is 3.32. The summed E-state index contributed by atoms with van der Waals surface area (Å²) in [4.78, 5) is 23.9. The molecule has 0 bridgehead atoms. The lowest BCUT2D eigenvalue weighted by atomic mass is 10.1. The van der Waals surface area contributed by atoms with Crippen LogP contribution in [0.1, 0.15) is 11.1 Å². The number of nitrogens with zero attached hydrogens (tertiary/aromatic N) is 3. The molecule has 0 saturated carbocycles. The van der Waals surface area contributed by atoms with Crippen LogP contribution in [0.25, 0.3) is 11.2 Å². The Balaban J connectivity index is 1.58. The molecule has 2 aromatic heterocycles. The van der Waals surface area contributed by atoms with Gasteiger partial charge in [0, 0.05) is 36.7 Å². The summed E-state index contributed by atoms with van der Waals surface area (Å²) in [5.41, 5.74) is 1.16. The third-order valence-electron chi connectivity index (χ3n) is 5.03. The van der Waals surface area contributed by atoms with Crippen molar-refractivity contribution in [1.29, 1.82) is 0 Å². The van der Waals surface area contributed by atoms with E-state index in [2.05, 4.69) is 51.6 Å². The largest absolute Gasteiger partial charge is 0.522 e. The van der Waals surface area contributed by atoms with Gasteiger partial charge in [0.1, 0.15) is 5.52 Å². The van der Waals surface area contributed by atoms with Gasteiger partial charge in [-0.05, 0) is 23.3 Å². The summed E-state index contributed by atoms with van der Waals surface area (Å²) in [5, 5.41) is 9.82. The fraction of sp³-hybridized carbons (Fsp3) is 0.421. The van der Waals surface area contributed by atoms with E-state index in [1.807, 2.05) is 0 Å². The van der Waals surface area contributed by atoms with E-state index in [1.165, 1.54) is 16.8 Å². The van der Waals surface area contributed by atoms with Crippen molar-refractivity contribution in [2.24, 2.45) is 0 Å². The Bertz CT molecular complexity index is 1140. The van der Waals surface area contributed by atoms with Crippen LogP contribution in [0.3, 0.4) is 0 Å². The van der Waals surface area contributed by atoms with Crippen molar-refractivity contribution in [3.8, 4) is 0 Å². The van der Waals surface area contributed by atoms with E-state index in [1.54, 1.807) is 12.1 Å². The molecule has 4 N–H and O–H groups in total. The molecule has 1 aliphatic heterocycles. The van der Waals surface area contributed by atoms with Crippen molar-refractivity contribution in [1.82, 2.24) is 30.2 Å². The van der Waals surface area contributed by atoms with Gasteiger partial charge >= 0.3 is 12.1 Å². The second kappa shape index (κ2) is 9.57. The number of anilines is 1. The third kappa shape index (κ3) is 5.65. The maximum Gasteiger partial charge on any atom is 0.522 e. The predicted molar refractivity (Wildman–Crippen MR) is 115 cm³/mol. The van der Waals surface area contributed by atoms with Gasteiger partial charge in [-0.2, -0.15) is 4.98 Å². The molecule has 1 saturated heterocycles. The highest BCUT2D eigenvalue weighted by molar-refractivity contribution is 9.10. The molecule has 0 radical (unpaired) electrons. The zero-order chi connectivity index (χ0) is 22.7. The molecule has 3 aromatic rings. The van der Waals surface area contributed by atoms with E-state index in [9.17, 15) is 18.0 Å². The molecule has 172 valence electrons. The summed E-state index contributed by atoms with van der Waals surface area (Å²) < 4.78 is 43.6. The Morgan fingerprint density at radius 3 is 2.88 bits per heavy atom. The van der Waals surface area contributed by atoms with Gasteiger partial charge in [-0.1, -0.05) is 22.0 Å². The van der Waals surface area contributed by atoms with Crippen molar-refractivity contribution in [2.45, 2.75) is 25.6 Å². The number of fused-ring (bicyclic) bond motifs is 1. The molecule has 0 spiro atoms. The number of rotatable bonds is 7. The van der Waals surface area contributed by atoms with E-state index < -0.39 is 18.7 Å². The van der Waals surface area contributed by atoms with Crippen molar-refractivity contribution < 1.29 is 17.9 Å². The van der Waals surface area contributed by atoms with Crippen LogP contribution in [0, 0.1) is 0 Å². The first-order valence-electron chi connectivity index (χ1n) is 9.90. The molecule has 0 amide bonds. The summed E-state index contributed by atoms with van der Waals surface area (Å²) in [6.07, 6.45) is -3.25. The fourth-order valence-corrected chi connectivity index (χ4v) is 3.87. The number of H-pyrrole nitrogens is 1. The van der Waals surface area contributed by atoms with Gasteiger partial charge in [-0.25, -0.2) is 9.78 Å². The van der Waals surface area contributed by atoms with Crippen molar-refractivity contribution >= 4 is 33.0 Å². The van der Waals surface area contributed by atoms with Crippen LogP contribution in [0.5, 0.6) is 0 Å². The Kier molecular flexibility index (Phi) is 6.79. The van der Waals surface area contributed by atoms with Crippen molar-refractivity contribution in [3.63, 3.8) is 0 Å². The number of benzene rings is 1. The average Bonchev–Trinajstić information content (AvgIpc) is 3.06. The minimum absolute atomic E-state index is 0.0133. The maximum atomic E-state index is 12.6. The van der Waals surface area contributed by atoms with Crippen LogP contribution in [0.15, 0.2) is 33.7 Å². The van der Waals surface area contributed by atoms with E-state index >= 15 is 0 Å². The van der Waals surface area contributed by atoms with Crippen LogP contribution in [-0.4, -0.2) is 58.1 Å². The summed E-state index contributed by atoms with van der Waals surface area (Å²) in [5.74, 6) is 0.354. The predicted octanol–water partition coefficient (Wildman–Crippen LogP) is 1.94. The van der Waals surface area contributed by atoms with E-state index in [0.29, 0.717) is 39.3 Å². The number of aromatic nitrogens is 4. The molecule has 0 unspecified atom stereocenters. The van der Waals surface area contributed by atoms with Crippen molar-refractivity contribution in [3.05, 3.63) is 50.5 Å². The molecule has 13 heteroatoms. The number of aromatic amines is 1. The Morgan fingerprint density at radius 2 is 2.12 bits per heavy atom. The number of alkyl halides is 3. The first-order chi connectivity index (χ1) is 15.3. The van der Waals surface area contributed by atoms with Crippen molar-refractivity contribution in [2.75, 3.05) is 31.5 Å². The van der Waals surface area contributed by atoms with Gasteiger partial charge in [-0.3, -0.25) is 9.30 Å². The summed E-state index contributed by atoms with van der Waals surface area (Å²) in [6.45, 7) is 2.55. The van der Waals surface area contributed by atoms with Gasteiger partial charge in [-0.15, -0.1) is 13.2 Å². The molecule has 32 heavy (non-hydrogen) atoms. The van der Waals surface area contributed by atoms with E-state index in [0.717, 1.165) is 19.6 Å². The average molecular weight is 516 g/mol. The number of ether oxygens (including phenoxy) is 1. The second-order valence-electron chi connectivity index (χ2n) is 7.33. The first-order valence-corrected chi connectivity index (χ1v) is 10.7. The van der Waals surface area contributed by atoms with Gasteiger partial charge in [0.25, 0.3) is 0 Å². The number of imidazole rings is 1. The lowest BCUT2D eigenvalue weighted by Gasteiger charge is -2.24. The fourth-order valence-electron chi connectivity index (χ4n) is 3.46. The van der Waals surface area contributed by atoms with Gasteiger partial charge in [0.15, 0.2) is 5.65 Å². The highest BCUT2D eigenvalue weighted by atomic mass is 79.9. The van der Waals surface area contributed by atoms with Crippen LogP contribution in [0.2, 0.25) is 0 Å². The van der Waals surface area contributed by atoms with Crippen LogP contribution in [0.4, 0.5) is 19.1 Å². The Hall–Kier alpha value is -2.48. The molecular formula is C19H21BrF3N7O2. The van der Waals surface area contributed by atoms with E-state index in [-0.39, 0.29) is 12.6 Å². The molecular weight excluding hydrogens is 495 g/mol. The number of piperazine rings is 1. The topological polar surface area (TPSA) is 109 Å². The van der Waals surface area contributed by atoms with E-state index in [4.69, 9.17) is 0 Å². The number of hydrogen-bond donors (Lipinski definition) is 4. The monoisotopic (exact) mass is 515 g/mol. The molecule has 4 rings (SSSR count). The Morgan fingerprint density at radius 1 is 1.28 bits per heavy atom. The minimum Gasteiger partial charge on any atom is -0.353 e. The van der Waals surface area contributed by atoms with Gasteiger partial charge in [0.05, 0.1) is 19.3 Å². The summed E-state index contributed by atoms with van der Waals surface area (Å²) in [6, 6.07) is 5.02. The second-order valence-corrected chi connectivity index (χ2v) is 8.25. The quantitative estimate of drug-likeness (QED) is 0.380. The van der Waals surface area contributed by atoms with Gasteiger partial charge < -0.3 is 20.9 Å². The molecule has 1 aromatic carbocycles. The normalized spacial score (nSPS) is 17.1.